The monoisotopic (exact) mass is 1200 g/mol. The Morgan fingerprint density at radius 2 is 1.19 bits per heavy atom. The van der Waals surface area contributed by atoms with Gasteiger partial charge in [0, 0.05) is 71.1 Å². The van der Waals surface area contributed by atoms with Crippen LogP contribution in [0.25, 0.3) is 0 Å². The van der Waals surface area contributed by atoms with E-state index in [0.29, 0.717) is 152 Å². The Morgan fingerprint density at radius 1 is 0.694 bits per heavy atom. The second-order valence-corrected chi connectivity index (χ2v) is 22.2. The summed E-state index contributed by atoms with van der Waals surface area (Å²) in [6, 6.07) is 11.3. The molecule has 1 aliphatic heterocycles. The second-order valence-electron chi connectivity index (χ2n) is 22.2. The maximum absolute atomic E-state index is 14.0. The van der Waals surface area contributed by atoms with Crippen molar-refractivity contribution < 1.29 is 77.6 Å². The van der Waals surface area contributed by atoms with Gasteiger partial charge in [0.05, 0.1) is 116 Å². The van der Waals surface area contributed by atoms with Crippen LogP contribution in [0, 0.1) is 23.7 Å². The lowest BCUT2D eigenvalue weighted by atomic mass is 9.56. The lowest BCUT2D eigenvalue weighted by molar-refractivity contribution is -0.158. The summed E-state index contributed by atoms with van der Waals surface area (Å²) in [4.78, 5) is 83.3. The van der Waals surface area contributed by atoms with E-state index in [-0.39, 0.29) is 49.6 Å². The van der Waals surface area contributed by atoms with Gasteiger partial charge in [0.2, 0.25) is 0 Å². The Bertz CT molecular complexity index is 2430. The third-order valence-corrected chi connectivity index (χ3v) is 15.5. The van der Waals surface area contributed by atoms with Crippen LogP contribution in [0.4, 0.5) is 11.4 Å². The first-order chi connectivity index (χ1) is 40.7. The summed E-state index contributed by atoms with van der Waals surface area (Å²) in [5, 5.41) is 47.3. The highest BCUT2D eigenvalue weighted by Crippen LogP contribution is 2.50. The van der Waals surface area contributed by atoms with Gasteiger partial charge in [0.1, 0.15) is 23.3 Å². The number of ether oxygens (including phenoxy) is 6. The molecule has 25 nitrogen and oxygen atoms in total. The predicted octanol–water partition coefficient (Wildman–Crippen LogP) is 3.18. The van der Waals surface area contributed by atoms with E-state index in [2.05, 4.69) is 42.8 Å². The van der Waals surface area contributed by atoms with Crippen LogP contribution >= 0.6 is 0 Å². The molecule has 1 amide bonds. The molecule has 0 aromatic heterocycles. The summed E-state index contributed by atoms with van der Waals surface area (Å²) < 4.78 is 33.8. The number of nitrogens with two attached hydrogens (primary N) is 1. The third kappa shape index (κ3) is 24.2. The summed E-state index contributed by atoms with van der Waals surface area (Å²) in [5.41, 5.74) is 8.34. The minimum Gasteiger partial charge on any atom is -0.496 e. The van der Waals surface area contributed by atoms with Crippen molar-refractivity contribution in [1.29, 1.82) is 0 Å². The molecule has 2 aromatic carbocycles. The number of nitrogens with one attached hydrogen (secondary N) is 3. The lowest BCUT2D eigenvalue weighted by Crippen LogP contribution is -2.67. The fourth-order valence-electron chi connectivity index (χ4n) is 11.3. The summed E-state index contributed by atoms with van der Waals surface area (Å²) in [6.07, 6.45) is 5.57. The molecule has 3 aliphatic rings. The number of carboxylic acid groups (broad SMARTS) is 4. The number of carbonyl (C=O) groups is 6. The lowest BCUT2D eigenvalue weighted by Gasteiger charge is -2.52. The van der Waals surface area contributed by atoms with E-state index in [9.17, 15) is 33.9 Å². The Labute approximate surface area is 500 Å². The van der Waals surface area contributed by atoms with Gasteiger partial charge in [0.15, 0.2) is 0 Å². The van der Waals surface area contributed by atoms with Crippen LogP contribution in [0.2, 0.25) is 0 Å². The molecule has 25 heteroatoms. The number of hydrogen-bond donors (Lipinski definition) is 8. The third-order valence-electron chi connectivity index (χ3n) is 15.5. The van der Waals surface area contributed by atoms with Crippen LogP contribution in [0.15, 0.2) is 53.2 Å². The Hall–Kier alpha value is -6.29. The number of carbonyl (C=O) groups excluding carboxylic acids is 2. The molecular weight excluding hydrogens is 1100 g/mol. The zero-order valence-electron chi connectivity index (χ0n) is 50.9. The number of fused-ring (bicyclic) bond motifs is 2. The van der Waals surface area contributed by atoms with Gasteiger partial charge in [-0.15, -0.1) is 0 Å². The molecule has 2 aromatic rings. The summed E-state index contributed by atoms with van der Waals surface area (Å²) >= 11 is 0. The molecule has 5 rings (SSSR count). The quantitative estimate of drug-likeness (QED) is 0.0220. The van der Waals surface area contributed by atoms with Crippen molar-refractivity contribution in [1.82, 2.24) is 30.2 Å². The van der Waals surface area contributed by atoms with Crippen molar-refractivity contribution in [2.75, 3.05) is 171 Å². The number of aliphatic imine (C=N–C) groups is 1. The number of hydrogen-bond acceptors (Lipinski definition) is 20. The number of anilines is 1. The maximum atomic E-state index is 14.0. The van der Waals surface area contributed by atoms with Crippen LogP contribution in [0.1, 0.15) is 70.4 Å². The minimum atomic E-state index is -1.43. The fraction of sp³-hybridized carbons (Fsp3) is 0.650. The number of methoxy groups -OCH3 is 2. The van der Waals surface area contributed by atoms with Crippen LogP contribution in [-0.4, -0.2) is 253 Å². The number of amides is 1. The fourth-order valence-corrected chi connectivity index (χ4v) is 11.3. The van der Waals surface area contributed by atoms with Crippen molar-refractivity contribution in [3.8, 4) is 11.5 Å². The molecule has 1 saturated heterocycles. The number of aldehydes is 1. The molecule has 85 heavy (non-hydrogen) atoms. The number of nitrogens with zero attached hydrogens (tertiary/aromatic N) is 5. The van der Waals surface area contributed by atoms with E-state index in [1.807, 2.05) is 31.0 Å². The maximum Gasteiger partial charge on any atom is 0.329 e. The average molecular weight is 1200 g/mol. The van der Waals surface area contributed by atoms with Crippen LogP contribution in [0.5, 0.6) is 11.5 Å². The van der Waals surface area contributed by atoms with Crippen LogP contribution < -0.4 is 31.2 Å². The highest BCUT2D eigenvalue weighted by Gasteiger charge is 2.56. The average Bonchev–Trinajstić information content (AvgIpc) is 2.41. The normalized spacial score (nSPS) is 21.4. The van der Waals surface area contributed by atoms with Gasteiger partial charge in [0.25, 0.3) is 5.91 Å². The van der Waals surface area contributed by atoms with Gasteiger partial charge in [-0.1, -0.05) is 33.8 Å². The van der Waals surface area contributed by atoms with Crippen molar-refractivity contribution in [2.45, 2.75) is 64.8 Å². The van der Waals surface area contributed by atoms with Crippen molar-refractivity contribution in [3.05, 3.63) is 59.3 Å². The molecular formula is C60H95N9O16. The molecule has 1 heterocycles. The predicted molar refractivity (Wildman–Crippen MR) is 321 cm³/mol. The van der Waals surface area contributed by atoms with Gasteiger partial charge in [-0.2, -0.15) is 0 Å². The zero-order valence-corrected chi connectivity index (χ0v) is 50.9. The van der Waals surface area contributed by atoms with E-state index in [1.165, 1.54) is 6.08 Å². The number of rotatable bonds is 33. The highest BCUT2D eigenvalue weighted by molar-refractivity contribution is 6.16. The Morgan fingerprint density at radius 3 is 1.65 bits per heavy atom. The summed E-state index contributed by atoms with van der Waals surface area (Å²) in [5.74, 6) is -3.21. The molecule has 2 aliphatic carbocycles. The van der Waals surface area contributed by atoms with E-state index < -0.39 is 35.3 Å². The van der Waals surface area contributed by atoms with Crippen molar-refractivity contribution in [2.24, 2.45) is 34.4 Å². The van der Waals surface area contributed by atoms with Crippen LogP contribution in [-0.2, 0) is 47.7 Å². The van der Waals surface area contributed by atoms with Crippen molar-refractivity contribution >= 4 is 53.2 Å². The van der Waals surface area contributed by atoms with Gasteiger partial charge >= 0.3 is 23.9 Å². The van der Waals surface area contributed by atoms with E-state index in [4.69, 9.17) is 54.5 Å². The number of likely N-dealkylation sites (N-methyl/N-ethyl adjacent to an activating group) is 1. The molecule has 2 saturated carbocycles. The summed E-state index contributed by atoms with van der Waals surface area (Å²) in [7, 11) is 4.99. The highest BCUT2D eigenvalue weighted by atomic mass is 16.6. The first kappa shape index (κ1) is 71.2. The van der Waals surface area contributed by atoms with Gasteiger partial charge in [-0.25, -0.2) is 9.79 Å². The topological polar surface area (TPSA) is 326 Å². The Balaban J connectivity index is 0.000000480. The first-order valence-corrected chi connectivity index (χ1v) is 29.4. The van der Waals surface area contributed by atoms with E-state index in [1.54, 1.807) is 47.1 Å². The number of benzene rings is 2. The van der Waals surface area contributed by atoms with Crippen LogP contribution in [0.3, 0.4) is 0 Å². The standard InChI is InChI=1S/C44H67N5O9.C16H28N4O7/c1-29(2)35-27-34(47-14-16-56-18-20-58-22-21-57-19-17-55-15-13-46-5)11-12-37(35)48-38(41-39(53-6)9-8-10-40(41)54-7)28-36(45)42(50)49-44(43(51)52)31(4)25-32-23-30(3)24-33(44)26-32;21-10-9-17-1-3-18(11-14(22)23)5-7-20(13-16(26)27)8-6-19(4-2-17)12-15(24)25/h8-12,27-33,46-47H,13-26,45H2,1-7H3,(H,49,50)(H,51,52);10H,1-9,11-13H2,(H,22,23)(H,24,25)(H,26,27)/b36-28-,48-38?;. The van der Waals surface area contributed by atoms with E-state index in [0.717, 1.165) is 49.8 Å². The molecule has 9 N–H and O–H groups in total. The second kappa shape index (κ2) is 38.0. The number of carboxylic acids is 4. The molecule has 5 unspecified atom stereocenters. The molecule has 3 fully saturated rings. The van der Waals surface area contributed by atoms with Crippen molar-refractivity contribution in [3.63, 3.8) is 0 Å². The van der Waals surface area contributed by atoms with Gasteiger partial charge in [-0.3, -0.25) is 38.8 Å². The first-order valence-electron chi connectivity index (χ1n) is 29.4. The van der Waals surface area contributed by atoms with Gasteiger partial charge in [-0.05, 0) is 104 Å². The SMILES string of the molecule is CNCCOCCOCCOCCOCCNc1ccc(N=C(/C=C(\N)C(=O)NC2(C(=O)O)C(C)CC3CC(C)CC2C3)c2c(OC)cccc2OC)c(C(C)C)c1.O=CCN1CCN(CC(=O)O)CCN(CC(=O)O)CCN(CC(=O)O)CC1. The minimum absolute atomic E-state index is 0.0825. The molecule has 476 valence electrons. The molecule has 0 radical (unpaired) electrons. The smallest absolute Gasteiger partial charge is 0.329 e. The van der Waals surface area contributed by atoms with E-state index >= 15 is 0 Å². The molecule has 5 atom stereocenters. The molecule has 0 spiro atoms. The Kier molecular flexibility index (Phi) is 31.8. The number of aliphatic carboxylic acids is 4. The van der Waals surface area contributed by atoms with Gasteiger partial charge < -0.3 is 75.3 Å². The molecule has 2 bridgehead atoms. The zero-order chi connectivity index (χ0) is 62.3. The summed E-state index contributed by atoms with van der Waals surface area (Å²) in [6.45, 7) is 16.8. The number of allylic oxidation sites excluding steroid dienone is 1. The largest absolute Gasteiger partial charge is 0.496 e.